The summed E-state index contributed by atoms with van der Waals surface area (Å²) in [7, 11) is 2.83. The highest BCUT2D eigenvalue weighted by atomic mass is 35.5. The maximum Gasteiger partial charge on any atom is 0.338 e. The van der Waals surface area contributed by atoms with E-state index in [0.717, 1.165) is 4.90 Å². The molecule has 1 aliphatic rings. The number of hydrogen-bond donors (Lipinski definition) is 2. The molecule has 2 N–H and O–H groups in total. The van der Waals surface area contributed by atoms with Gasteiger partial charge in [-0.25, -0.2) is 9.59 Å². The number of imide groups is 1. The van der Waals surface area contributed by atoms with Gasteiger partial charge in [0, 0.05) is 18.1 Å². The number of carbonyl (C=O) groups is 4. The first-order valence-electron chi connectivity index (χ1n) is 10.0. The summed E-state index contributed by atoms with van der Waals surface area (Å²) in [6.45, 7) is -0.378. The van der Waals surface area contributed by atoms with E-state index in [4.69, 9.17) is 30.5 Å². The van der Waals surface area contributed by atoms with Gasteiger partial charge in [0.25, 0.3) is 11.8 Å². The average molecular weight is 492 g/mol. The van der Waals surface area contributed by atoms with Crippen LogP contribution in [-0.2, 0) is 14.3 Å². The minimum absolute atomic E-state index is 0.0935. The molecule has 11 nitrogen and oxygen atoms in total. The third-order valence-electron chi connectivity index (χ3n) is 4.68. The Labute approximate surface area is 199 Å². The Morgan fingerprint density at radius 3 is 2.44 bits per heavy atom. The fourth-order valence-corrected chi connectivity index (χ4v) is 3.19. The summed E-state index contributed by atoms with van der Waals surface area (Å²) in [5.41, 5.74) is 0.477. The van der Waals surface area contributed by atoms with Crippen molar-refractivity contribution in [3.63, 3.8) is 0 Å². The van der Waals surface area contributed by atoms with Gasteiger partial charge in [-0.15, -0.1) is 0 Å². The van der Waals surface area contributed by atoms with E-state index in [2.05, 4.69) is 10.6 Å². The maximum atomic E-state index is 12.3. The molecule has 1 heterocycles. The van der Waals surface area contributed by atoms with Crippen LogP contribution in [0.3, 0.4) is 0 Å². The smallest absolute Gasteiger partial charge is 0.338 e. The van der Waals surface area contributed by atoms with Crippen molar-refractivity contribution in [1.82, 2.24) is 10.2 Å². The third kappa shape index (κ3) is 6.07. The molecule has 0 bridgehead atoms. The van der Waals surface area contributed by atoms with Crippen molar-refractivity contribution in [2.45, 2.75) is 0 Å². The molecule has 0 aromatic heterocycles. The van der Waals surface area contributed by atoms with E-state index in [1.165, 1.54) is 32.4 Å². The first-order valence-corrected chi connectivity index (χ1v) is 10.4. The van der Waals surface area contributed by atoms with Crippen LogP contribution >= 0.6 is 11.6 Å². The molecule has 0 saturated carbocycles. The average Bonchev–Trinajstić information content (AvgIpc) is 3.27. The van der Waals surface area contributed by atoms with Gasteiger partial charge in [0.15, 0.2) is 24.7 Å². The van der Waals surface area contributed by atoms with Gasteiger partial charge < -0.3 is 29.6 Å². The number of esters is 1. The van der Waals surface area contributed by atoms with Gasteiger partial charge in [0.05, 0.1) is 25.5 Å². The van der Waals surface area contributed by atoms with Gasteiger partial charge in [-0.1, -0.05) is 11.6 Å². The maximum absolute atomic E-state index is 12.3. The third-order valence-corrected chi connectivity index (χ3v) is 4.91. The highest BCUT2D eigenvalue weighted by Crippen LogP contribution is 2.29. The lowest BCUT2D eigenvalue weighted by Crippen LogP contribution is -2.37. The van der Waals surface area contributed by atoms with Crippen molar-refractivity contribution < 1.29 is 38.1 Å². The Bertz CT molecular complexity index is 1110. The molecule has 0 spiro atoms. The monoisotopic (exact) mass is 491 g/mol. The van der Waals surface area contributed by atoms with Gasteiger partial charge in [-0.3, -0.25) is 14.5 Å². The van der Waals surface area contributed by atoms with Crippen molar-refractivity contribution in [2.24, 2.45) is 0 Å². The molecule has 1 saturated heterocycles. The number of ether oxygens (including phenoxy) is 4. The van der Waals surface area contributed by atoms with Gasteiger partial charge in [0.1, 0.15) is 5.75 Å². The van der Waals surface area contributed by atoms with Crippen LogP contribution in [0, 0.1) is 0 Å². The van der Waals surface area contributed by atoms with Crippen LogP contribution in [0.25, 0.3) is 0 Å². The molecule has 2 aromatic rings. The molecular weight excluding hydrogens is 470 g/mol. The summed E-state index contributed by atoms with van der Waals surface area (Å²) < 4.78 is 20.9. The zero-order chi connectivity index (χ0) is 24.7. The number of methoxy groups -OCH3 is 2. The van der Waals surface area contributed by atoms with Crippen LogP contribution in [0.4, 0.5) is 10.5 Å². The standard InChI is InChI=1S/C22H22ClN3O8/c1-31-16-6-4-14(23)10-15(16)25-19(27)11-33-17-5-3-13(9-18(17)32-2)21(29)34-12-20(28)26-8-7-24-22(26)30/h3-6,9-10H,7-8,11-12H2,1-2H3,(H,24,30)(H,25,27). The lowest BCUT2D eigenvalue weighted by molar-refractivity contribution is -0.130. The van der Waals surface area contributed by atoms with E-state index < -0.39 is 30.4 Å². The minimum Gasteiger partial charge on any atom is -0.495 e. The van der Waals surface area contributed by atoms with Crippen LogP contribution < -0.4 is 24.8 Å². The first kappa shape index (κ1) is 24.6. The topological polar surface area (TPSA) is 132 Å². The van der Waals surface area contributed by atoms with Crippen LogP contribution in [0.15, 0.2) is 36.4 Å². The summed E-state index contributed by atoms with van der Waals surface area (Å²) >= 11 is 5.96. The molecule has 180 valence electrons. The number of benzene rings is 2. The van der Waals surface area contributed by atoms with Crippen molar-refractivity contribution >= 4 is 41.1 Å². The Morgan fingerprint density at radius 2 is 1.76 bits per heavy atom. The molecule has 0 aliphatic carbocycles. The Hall–Kier alpha value is -3.99. The molecular formula is C22H22ClN3O8. The van der Waals surface area contributed by atoms with Crippen LogP contribution in [0.2, 0.25) is 5.02 Å². The van der Waals surface area contributed by atoms with E-state index in [-0.39, 0.29) is 30.2 Å². The second kappa shape index (κ2) is 11.2. The molecule has 3 rings (SSSR count). The second-order valence-corrected chi connectivity index (χ2v) is 7.34. The molecule has 1 fully saturated rings. The molecule has 0 radical (unpaired) electrons. The summed E-state index contributed by atoms with van der Waals surface area (Å²) in [4.78, 5) is 49.1. The fourth-order valence-electron chi connectivity index (χ4n) is 3.02. The number of anilines is 1. The molecule has 1 aliphatic heterocycles. The predicted octanol–water partition coefficient (Wildman–Crippen LogP) is 2.08. The second-order valence-electron chi connectivity index (χ2n) is 6.90. The van der Waals surface area contributed by atoms with Crippen molar-refractivity contribution in [3.8, 4) is 17.2 Å². The normalized spacial score (nSPS) is 12.6. The number of halogens is 1. The Morgan fingerprint density at radius 1 is 1.03 bits per heavy atom. The van der Waals surface area contributed by atoms with Crippen molar-refractivity contribution in [2.75, 3.05) is 45.8 Å². The van der Waals surface area contributed by atoms with Gasteiger partial charge in [-0.05, 0) is 36.4 Å². The molecule has 0 atom stereocenters. The SMILES string of the molecule is COc1ccc(Cl)cc1NC(=O)COc1ccc(C(=O)OCC(=O)N2CCNC2=O)cc1OC. The highest BCUT2D eigenvalue weighted by Gasteiger charge is 2.27. The quantitative estimate of drug-likeness (QED) is 0.509. The Kier molecular flexibility index (Phi) is 8.14. The lowest BCUT2D eigenvalue weighted by atomic mass is 10.2. The fraction of sp³-hybridized carbons (Fsp3) is 0.273. The molecule has 12 heteroatoms. The van der Waals surface area contributed by atoms with E-state index in [1.54, 1.807) is 18.2 Å². The summed E-state index contributed by atoms with van der Waals surface area (Å²) in [5.74, 6) is -1.08. The molecule has 2 aromatic carbocycles. The van der Waals surface area contributed by atoms with Crippen molar-refractivity contribution in [3.05, 3.63) is 47.0 Å². The zero-order valence-corrected chi connectivity index (χ0v) is 19.1. The van der Waals surface area contributed by atoms with Gasteiger partial charge >= 0.3 is 12.0 Å². The highest BCUT2D eigenvalue weighted by molar-refractivity contribution is 6.31. The van der Waals surface area contributed by atoms with E-state index in [9.17, 15) is 19.2 Å². The number of urea groups is 1. The number of nitrogens with zero attached hydrogens (tertiary/aromatic N) is 1. The molecule has 4 amide bonds. The minimum atomic E-state index is -0.788. The number of hydrogen-bond acceptors (Lipinski definition) is 8. The van der Waals surface area contributed by atoms with E-state index in [0.29, 0.717) is 23.0 Å². The van der Waals surface area contributed by atoms with E-state index in [1.807, 2.05) is 0 Å². The van der Waals surface area contributed by atoms with Crippen LogP contribution in [0.1, 0.15) is 10.4 Å². The molecule has 34 heavy (non-hydrogen) atoms. The first-order chi connectivity index (χ1) is 16.3. The van der Waals surface area contributed by atoms with Crippen molar-refractivity contribution in [1.29, 1.82) is 0 Å². The summed E-state index contributed by atoms with van der Waals surface area (Å²) in [6.07, 6.45) is 0. The lowest BCUT2D eigenvalue weighted by Gasteiger charge is -2.14. The number of carbonyl (C=O) groups excluding carboxylic acids is 4. The number of rotatable bonds is 9. The summed E-state index contributed by atoms with van der Waals surface area (Å²) in [6, 6.07) is 8.43. The largest absolute Gasteiger partial charge is 0.495 e. The number of amides is 4. The van der Waals surface area contributed by atoms with Crippen LogP contribution in [-0.4, -0.2) is 69.2 Å². The zero-order valence-electron chi connectivity index (χ0n) is 18.4. The van der Waals surface area contributed by atoms with Crippen LogP contribution in [0.5, 0.6) is 17.2 Å². The van der Waals surface area contributed by atoms with Gasteiger partial charge in [0.2, 0.25) is 0 Å². The summed E-state index contributed by atoms with van der Waals surface area (Å²) in [5, 5.41) is 5.55. The predicted molar refractivity (Wildman–Crippen MR) is 121 cm³/mol. The Balaban J connectivity index is 1.57. The van der Waals surface area contributed by atoms with E-state index >= 15 is 0 Å². The molecule has 0 unspecified atom stereocenters. The van der Waals surface area contributed by atoms with Gasteiger partial charge in [-0.2, -0.15) is 0 Å². The number of nitrogens with one attached hydrogen (secondary N) is 2.